The molecular weight excluding hydrogens is 304 g/mol. The fraction of sp³-hybridized carbons (Fsp3) is 0.133. The molecule has 0 saturated carbocycles. The van der Waals surface area contributed by atoms with Crippen molar-refractivity contribution in [2.45, 2.75) is 13.0 Å². The Hall–Kier alpha value is -1.81. The lowest BCUT2D eigenvalue weighted by Crippen LogP contribution is -2.27. The topological polar surface area (TPSA) is 55.1 Å². The van der Waals surface area contributed by atoms with Crippen molar-refractivity contribution in [2.24, 2.45) is 0 Å². The van der Waals surface area contributed by atoms with Crippen LogP contribution in [0, 0.1) is 0 Å². The largest absolute Gasteiger partial charge is 0.398 e. The van der Waals surface area contributed by atoms with E-state index in [1.54, 1.807) is 12.1 Å². The number of amides is 1. The third kappa shape index (κ3) is 3.35. The summed E-state index contributed by atoms with van der Waals surface area (Å²) >= 11 is 3.34. The van der Waals surface area contributed by atoms with Gasteiger partial charge in [0.25, 0.3) is 5.91 Å². The van der Waals surface area contributed by atoms with Gasteiger partial charge < -0.3 is 11.1 Å². The lowest BCUT2D eigenvalue weighted by atomic mass is 10.1. The molecule has 0 aromatic heterocycles. The molecule has 0 radical (unpaired) electrons. The minimum atomic E-state index is -0.171. The summed E-state index contributed by atoms with van der Waals surface area (Å²) in [6.45, 7) is 1.95. The Kier molecular flexibility index (Phi) is 4.22. The Morgan fingerprint density at radius 1 is 1.21 bits per heavy atom. The number of anilines is 1. The molecule has 2 rings (SSSR count). The molecule has 1 atom stereocenters. The number of halogens is 1. The van der Waals surface area contributed by atoms with Crippen molar-refractivity contribution in [3.8, 4) is 0 Å². The van der Waals surface area contributed by atoms with E-state index >= 15 is 0 Å². The standard InChI is InChI=1S/C15H15BrN2O/c1-10(11-5-3-2-4-6-11)18-15(19)13-9-12(16)7-8-14(13)17/h2-10H,17H2,1H3,(H,18,19)/t10-/m1/s1. The molecule has 0 spiro atoms. The van der Waals surface area contributed by atoms with Gasteiger partial charge in [-0.15, -0.1) is 0 Å². The number of benzene rings is 2. The van der Waals surface area contributed by atoms with Crippen molar-refractivity contribution >= 4 is 27.5 Å². The number of carbonyl (C=O) groups excluding carboxylic acids is 1. The Morgan fingerprint density at radius 2 is 1.89 bits per heavy atom. The fourth-order valence-electron chi connectivity index (χ4n) is 1.82. The molecule has 3 nitrogen and oxygen atoms in total. The number of nitrogens with two attached hydrogens (primary N) is 1. The van der Waals surface area contributed by atoms with Crippen LogP contribution in [-0.2, 0) is 0 Å². The molecule has 4 heteroatoms. The van der Waals surface area contributed by atoms with Gasteiger partial charge in [-0.05, 0) is 30.7 Å². The maximum Gasteiger partial charge on any atom is 0.253 e. The highest BCUT2D eigenvalue weighted by Gasteiger charge is 2.13. The van der Waals surface area contributed by atoms with Crippen LogP contribution in [0.3, 0.4) is 0 Å². The highest BCUT2D eigenvalue weighted by Crippen LogP contribution is 2.20. The van der Waals surface area contributed by atoms with E-state index in [2.05, 4.69) is 21.2 Å². The van der Waals surface area contributed by atoms with Gasteiger partial charge in [0.05, 0.1) is 11.6 Å². The molecule has 3 N–H and O–H groups in total. The van der Waals surface area contributed by atoms with Gasteiger partial charge in [-0.25, -0.2) is 0 Å². The smallest absolute Gasteiger partial charge is 0.253 e. The lowest BCUT2D eigenvalue weighted by molar-refractivity contribution is 0.0940. The number of hydrogen-bond acceptors (Lipinski definition) is 2. The molecule has 98 valence electrons. The predicted octanol–water partition coefficient (Wildman–Crippen LogP) is 3.52. The molecule has 19 heavy (non-hydrogen) atoms. The van der Waals surface area contributed by atoms with Crippen LogP contribution in [0.25, 0.3) is 0 Å². The Balaban J connectivity index is 2.15. The van der Waals surface area contributed by atoms with Gasteiger partial charge in [-0.2, -0.15) is 0 Å². The summed E-state index contributed by atoms with van der Waals surface area (Å²) in [6, 6.07) is 15.0. The normalized spacial score (nSPS) is 11.9. The second-order valence-corrected chi connectivity index (χ2v) is 5.25. The Morgan fingerprint density at radius 3 is 2.58 bits per heavy atom. The van der Waals surface area contributed by atoms with Gasteiger partial charge >= 0.3 is 0 Å². The molecule has 0 saturated heterocycles. The zero-order chi connectivity index (χ0) is 13.8. The summed E-state index contributed by atoms with van der Waals surface area (Å²) in [4.78, 5) is 12.2. The molecule has 0 heterocycles. The number of carbonyl (C=O) groups is 1. The summed E-state index contributed by atoms with van der Waals surface area (Å²) < 4.78 is 0.833. The van der Waals surface area contributed by atoms with Gasteiger partial charge in [0.2, 0.25) is 0 Å². The zero-order valence-corrected chi connectivity index (χ0v) is 12.1. The van der Waals surface area contributed by atoms with Crippen molar-refractivity contribution in [2.75, 3.05) is 5.73 Å². The third-order valence-corrected chi connectivity index (χ3v) is 3.40. The van der Waals surface area contributed by atoms with Gasteiger partial charge in [-0.1, -0.05) is 46.3 Å². The lowest BCUT2D eigenvalue weighted by Gasteiger charge is -2.15. The minimum Gasteiger partial charge on any atom is -0.398 e. The Bertz CT molecular complexity index is 584. The first-order valence-corrected chi connectivity index (χ1v) is 6.78. The first kappa shape index (κ1) is 13.6. The monoisotopic (exact) mass is 318 g/mol. The van der Waals surface area contributed by atoms with Crippen LogP contribution in [-0.4, -0.2) is 5.91 Å². The van der Waals surface area contributed by atoms with Crippen LogP contribution >= 0.6 is 15.9 Å². The molecule has 2 aromatic rings. The molecule has 0 bridgehead atoms. The van der Waals surface area contributed by atoms with Gasteiger partial charge in [0, 0.05) is 10.2 Å². The van der Waals surface area contributed by atoms with Crippen LogP contribution in [0.15, 0.2) is 53.0 Å². The fourth-order valence-corrected chi connectivity index (χ4v) is 2.19. The molecule has 0 fully saturated rings. The van der Waals surface area contributed by atoms with Gasteiger partial charge in [0.1, 0.15) is 0 Å². The average molecular weight is 319 g/mol. The second kappa shape index (κ2) is 5.89. The maximum absolute atomic E-state index is 12.2. The highest BCUT2D eigenvalue weighted by atomic mass is 79.9. The van der Waals surface area contributed by atoms with E-state index in [1.165, 1.54) is 0 Å². The molecule has 0 aliphatic rings. The summed E-state index contributed by atoms with van der Waals surface area (Å²) in [6.07, 6.45) is 0. The molecular formula is C15H15BrN2O. The van der Waals surface area contributed by atoms with Crippen molar-refractivity contribution in [1.82, 2.24) is 5.32 Å². The SMILES string of the molecule is C[C@@H](NC(=O)c1cc(Br)ccc1N)c1ccccc1. The quantitative estimate of drug-likeness (QED) is 0.851. The van der Waals surface area contributed by atoms with Crippen molar-refractivity contribution in [3.05, 3.63) is 64.1 Å². The average Bonchev–Trinajstić information content (AvgIpc) is 2.42. The second-order valence-electron chi connectivity index (χ2n) is 4.34. The summed E-state index contributed by atoms with van der Waals surface area (Å²) in [5.74, 6) is -0.171. The molecule has 0 unspecified atom stereocenters. The van der Waals surface area contributed by atoms with Crippen LogP contribution in [0.1, 0.15) is 28.9 Å². The predicted molar refractivity (Wildman–Crippen MR) is 80.9 cm³/mol. The molecule has 1 amide bonds. The summed E-state index contributed by atoms with van der Waals surface area (Å²) in [5.41, 5.74) is 7.84. The minimum absolute atomic E-state index is 0.0629. The van der Waals surface area contributed by atoms with Crippen LogP contribution < -0.4 is 11.1 Å². The first-order valence-electron chi connectivity index (χ1n) is 5.99. The van der Waals surface area contributed by atoms with Crippen LogP contribution in [0.2, 0.25) is 0 Å². The van der Waals surface area contributed by atoms with E-state index in [4.69, 9.17) is 5.73 Å². The van der Waals surface area contributed by atoms with E-state index in [0.29, 0.717) is 11.3 Å². The first-order chi connectivity index (χ1) is 9.08. The van der Waals surface area contributed by atoms with E-state index in [1.807, 2.05) is 43.3 Å². The zero-order valence-electron chi connectivity index (χ0n) is 10.6. The van der Waals surface area contributed by atoms with Crippen molar-refractivity contribution in [3.63, 3.8) is 0 Å². The van der Waals surface area contributed by atoms with E-state index in [9.17, 15) is 4.79 Å². The van der Waals surface area contributed by atoms with E-state index in [-0.39, 0.29) is 11.9 Å². The van der Waals surface area contributed by atoms with Crippen molar-refractivity contribution in [1.29, 1.82) is 0 Å². The molecule has 0 aliphatic carbocycles. The third-order valence-electron chi connectivity index (χ3n) is 2.91. The maximum atomic E-state index is 12.2. The number of nitrogen functional groups attached to an aromatic ring is 1. The number of nitrogens with one attached hydrogen (secondary N) is 1. The molecule has 0 aliphatic heterocycles. The summed E-state index contributed by atoms with van der Waals surface area (Å²) in [7, 11) is 0. The summed E-state index contributed by atoms with van der Waals surface area (Å²) in [5, 5.41) is 2.94. The van der Waals surface area contributed by atoms with Gasteiger partial charge in [0.15, 0.2) is 0 Å². The molecule has 2 aromatic carbocycles. The number of hydrogen-bond donors (Lipinski definition) is 2. The van der Waals surface area contributed by atoms with Crippen molar-refractivity contribution < 1.29 is 4.79 Å². The Labute approximate surface area is 121 Å². The van der Waals surface area contributed by atoms with E-state index in [0.717, 1.165) is 10.0 Å². The van der Waals surface area contributed by atoms with Crippen LogP contribution in [0.4, 0.5) is 5.69 Å². The number of rotatable bonds is 3. The van der Waals surface area contributed by atoms with Crippen LogP contribution in [0.5, 0.6) is 0 Å². The van der Waals surface area contributed by atoms with E-state index < -0.39 is 0 Å². The highest BCUT2D eigenvalue weighted by molar-refractivity contribution is 9.10. The van der Waals surface area contributed by atoms with Gasteiger partial charge in [-0.3, -0.25) is 4.79 Å².